The molecule has 4 rings (SSSR count). The van der Waals surface area contributed by atoms with E-state index in [4.69, 9.17) is 4.42 Å². The lowest BCUT2D eigenvalue weighted by Gasteiger charge is -2.09. The minimum Gasteiger partial charge on any atom is -0.618 e. The van der Waals surface area contributed by atoms with Gasteiger partial charge in [0, 0.05) is 23.9 Å². The van der Waals surface area contributed by atoms with E-state index >= 15 is 0 Å². The van der Waals surface area contributed by atoms with Crippen molar-refractivity contribution in [1.82, 2.24) is 10.3 Å². The molecule has 0 radical (unpaired) electrons. The summed E-state index contributed by atoms with van der Waals surface area (Å²) in [6.45, 7) is 3.20. The van der Waals surface area contributed by atoms with Crippen molar-refractivity contribution in [1.29, 1.82) is 0 Å². The molecule has 140 valence electrons. The number of nitrogens with one attached hydrogen (secondary N) is 1. The molecule has 0 aliphatic rings. The van der Waals surface area contributed by atoms with Crippen LogP contribution in [-0.4, -0.2) is 16.7 Å². The average Bonchev–Trinajstić information content (AvgIpc) is 3.11. The molecule has 0 unspecified atom stereocenters. The molecule has 0 aliphatic heterocycles. The lowest BCUT2D eigenvalue weighted by Crippen LogP contribution is -2.36. The van der Waals surface area contributed by atoms with Crippen LogP contribution in [0, 0.1) is 12.1 Å². The van der Waals surface area contributed by atoms with Crippen LogP contribution in [0.3, 0.4) is 0 Å². The Hall–Kier alpha value is -3.74. The van der Waals surface area contributed by atoms with Crippen LogP contribution < -0.4 is 10.0 Å². The van der Waals surface area contributed by atoms with Gasteiger partial charge in [-0.2, -0.15) is 4.73 Å². The Morgan fingerprint density at radius 3 is 2.75 bits per heavy atom. The van der Waals surface area contributed by atoms with Gasteiger partial charge >= 0.3 is 0 Å². The van der Waals surface area contributed by atoms with Crippen molar-refractivity contribution in [3.05, 3.63) is 76.4 Å². The summed E-state index contributed by atoms with van der Waals surface area (Å²) in [5, 5.41) is 15.9. The zero-order chi connectivity index (χ0) is 19.8. The van der Waals surface area contributed by atoms with Crippen LogP contribution in [0.5, 0.6) is 0 Å². The number of rotatable bonds is 4. The fourth-order valence-corrected chi connectivity index (χ4v) is 3.08. The number of carbonyl (C=O) groups excluding carboxylic acids is 2. The molecule has 0 saturated heterocycles. The Kier molecular flexibility index (Phi) is 4.27. The summed E-state index contributed by atoms with van der Waals surface area (Å²) in [7, 11) is 0. The Balaban J connectivity index is 1.58. The molecule has 0 spiro atoms. The van der Waals surface area contributed by atoms with Gasteiger partial charge in [-0.05, 0) is 37.3 Å². The number of Topliss-reactive ketones (excluding diaryl/α,β-unsaturated/α-hetero) is 1. The summed E-state index contributed by atoms with van der Waals surface area (Å²) in [5.74, 6) is 0.0527. The van der Waals surface area contributed by atoms with Gasteiger partial charge in [-0.3, -0.25) is 9.59 Å². The number of hydrogen-bond acceptors (Lipinski definition) is 5. The molecule has 1 N–H and O–H groups in total. The van der Waals surface area contributed by atoms with Crippen molar-refractivity contribution in [2.75, 3.05) is 0 Å². The van der Waals surface area contributed by atoms with Gasteiger partial charge in [0.15, 0.2) is 11.5 Å². The Bertz CT molecular complexity index is 1240. The molecule has 2 aromatic heterocycles. The second kappa shape index (κ2) is 6.77. The number of para-hydroxylation sites is 2. The molecule has 1 amide bonds. The summed E-state index contributed by atoms with van der Waals surface area (Å²) in [4.78, 5) is 28.4. The van der Waals surface area contributed by atoms with Crippen molar-refractivity contribution >= 4 is 33.7 Å². The number of benzene rings is 2. The zero-order valence-corrected chi connectivity index (χ0v) is 15.4. The van der Waals surface area contributed by atoms with E-state index in [9.17, 15) is 14.8 Å². The lowest BCUT2D eigenvalue weighted by molar-refractivity contribution is -0.584. The van der Waals surface area contributed by atoms with E-state index in [0.29, 0.717) is 32.7 Å². The standard InChI is InChI=1S/C21H17N3O4/c1-12-20(23-17-5-3-4-6-18(17)24(12)27)21(26)22-11-16-10-15-9-14(13(2)25)7-8-19(15)28-16/h3-10H,11H2,1-2H3,(H,22,26). The van der Waals surface area contributed by atoms with Gasteiger partial charge in [0.05, 0.1) is 6.54 Å². The number of carbonyl (C=O) groups is 2. The first-order valence-electron chi connectivity index (χ1n) is 8.74. The van der Waals surface area contributed by atoms with E-state index in [0.717, 1.165) is 5.39 Å². The van der Waals surface area contributed by atoms with Crippen LogP contribution in [0.1, 0.15) is 39.2 Å². The highest BCUT2D eigenvalue weighted by Gasteiger charge is 2.21. The smallest absolute Gasteiger partial charge is 0.276 e. The minimum atomic E-state index is -0.460. The second-order valence-corrected chi connectivity index (χ2v) is 6.53. The second-order valence-electron chi connectivity index (χ2n) is 6.53. The molecule has 7 heteroatoms. The SMILES string of the molecule is CC(=O)c1ccc2oc(CNC(=O)c3nc4ccccc4[n+]([O-])c3C)cc2c1. The largest absolute Gasteiger partial charge is 0.618 e. The van der Waals surface area contributed by atoms with Crippen LogP contribution in [0.4, 0.5) is 0 Å². The van der Waals surface area contributed by atoms with E-state index in [1.54, 1.807) is 55.5 Å². The number of hydrogen-bond donors (Lipinski definition) is 1. The molecule has 0 bridgehead atoms. The number of aromatic nitrogens is 2. The Morgan fingerprint density at radius 1 is 1.18 bits per heavy atom. The molecule has 28 heavy (non-hydrogen) atoms. The summed E-state index contributed by atoms with van der Waals surface area (Å²) in [6.07, 6.45) is 0. The summed E-state index contributed by atoms with van der Waals surface area (Å²) < 4.78 is 6.41. The maximum atomic E-state index is 12.6. The molecule has 7 nitrogen and oxygen atoms in total. The number of nitrogens with zero attached hydrogens (tertiary/aromatic N) is 2. The highest BCUT2D eigenvalue weighted by atomic mass is 16.5. The Morgan fingerprint density at radius 2 is 1.96 bits per heavy atom. The molecule has 2 aromatic carbocycles. The van der Waals surface area contributed by atoms with Gasteiger partial charge < -0.3 is 14.9 Å². The lowest BCUT2D eigenvalue weighted by atomic mass is 10.1. The van der Waals surface area contributed by atoms with Crippen molar-refractivity contribution in [3.8, 4) is 0 Å². The van der Waals surface area contributed by atoms with Crippen LogP contribution in [0.15, 0.2) is 52.9 Å². The Labute approximate surface area is 160 Å². The van der Waals surface area contributed by atoms with Gasteiger partial charge in [-0.1, -0.05) is 12.1 Å². The highest BCUT2D eigenvalue weighted by molar-refractivity contribution is 5.98. The molecule has 0 fully saturated rings. The zero-order valence-electron chi connectivity index (χ0n) is 15.4. The third-order valence-electron chi connectivity index (χ3n) is 4.59. The number of furan rings is 1. The van der Waals surface area contributed by atoms with Gasteiger partial charge in [-0.15, -0.1) is 0 Å². The molecule has 0 saturated carbocycles. The van der Waals surface area contributed by atoms with Crippen molar-refractivity contribution < 1.29 is 18.7 Å². The predicted octanol–water partition coefficient (Wildman–Crippen LogP) is 3.06. The first-order valence-corrected chi connectivity index (χ1v) is 8.74. The van der Waals surface area contributed by atoms with E-state index in [1.165, 1.54) is 6.92 Å². The third-order valence-corrected chi connectivity index (χ3v) is 4.59. The van der Waals surface area contributed by atoms with Crippen LogP contribution >= 0.6 is 0 Å². The monoisotopic (exact) mass is 375 g/mol. The van der Waals surface area contributed by atoms with E-state index < -0.39 is 5.91 Å². The van der Waals surface area contributed by atoms with E-state index in [-0.39, 0.29) is 23.7 Å². The van der Waals surface area contributed by atoms with E-state index in [2.05, 4.69) is 10.3 Å². The molecule has 0 aliphatic carbocycles. The molecule has 4 aromatic rings. The van der Waals surface area contributed by atoms with Gasteiger partial charge in [0.2, 0.25) is 11.2 Å². The summed E-state index contributed by atoms with van der Waals surface area (Å²) in [6, 6.07) is 13.8. The quantitative estimate of drug-likeness (QED) is 0.336. The maximum absolute atomic E-state index is 12.6. The van der Waals surface area contributed by atoms with Gasteiger partial charge in [-0.25, -0.2) is 4.98 Å². The fourth-order valence-electron chi connectivity index (χ4n) is 3.08. The third kappa shape index (κ3) is 3.07. The van der Waals surface area contributed by atoms with E-state index in [1.807, 2.05) is 0 Å². The van der Waals surface area contributed by atoms with Crippen LogP contribution in [0.25, 0.3) is 22.0 Å². The number of ketones is 1. The maximum Gasteiger partial charge on any atom is 0.276 e. The van der Waals surface area contributed by atoms with Gasteiger partial charge in [0.1, 0.15) is 16.9 Å². The number of amides is 1. The molecule has 2 heterocycles. The molecular formula is C21H17N3O4. The first-order chi connectivity index (χ1) is 13.4. The molecule has 0 atom stereocenters. The minimum absolute atomic E-state index is 0.0262. The highest BCUT2D eigenvalue weighted by Crippen LogP contribution is 2.21. The molecular weight excluding hydrogens is 358 g/mol. The normalized spacial score (nSPS) is 11.1. The topological polar surface area (TPSA) is 99.1 Å². The number of fused-ring (bicyclic) bond motifs is 2. The summed E-state index contributed by atoms with van der Waals surface area (Å²) in [5.41, 5.74) is 2.39. The van der Waals surface area contributed by atoms with Crippen molar-refractivity contribution in [2.24, 2.45) is 0 Å². The fraction of sp³-hybridized carbons (Fsp3) is 0.143. The summed E-state index contributed by atoms with van der Waals surface area (Å²) >= 11 is 0. The predicted molar refractivity (Wildman–Crippen MR) is 103 cm³/mol. The first kappa shape index (κ1) is 17.7. The average molecular weight is 375 g/mol. The van der Waals surface area contributed by atoms with Gasteiger partial charge in [0.25, 0.3) is 5.91 Å². The van der Waals surface area contributed by atoms with Crippen LogP contribution in [0.2, 0.25) is 0 Å². The van der Waals surface area contributed by atoms with Crippen molar-refractivity contribution in [3.63, 3.8) is 0 Å². The van der Waals surface area contributed by atoms with Crippen LogP contribution in [-0.2, 0) is 6.54 Å². The van der Waals surface area contributed by atoms with Crippen molar-refractivity contribution in [2.45, 2.75) is 20.4 Å².